The summed E-state index contributed by atoms with van der Waals surface area (Å²) < 4.78 is 0.740. The number of aromatic carboxylic acids is 1. The molecule has 0 unspecified atom stereocenters. The van der Waals surface area contributed by atoms with Crippen LogP contribution >= 0.6 is 11.3 Å². The molecule has 0 aliphatic carbocycles. The van der Waals surface area contributed by atoms with Crippen LogP contribution in [0.2, 0.25) is 0 Å². The van der Waals surface area contributed by atoms with Crippen LogP contribution in [0.1, 0.15) is 10.4 Å². The number of aromatic nitrogens is 2. The Labute approximate surface area is 112 Å². The number of carboxylic acid groups (broad SMARTS) is 1. The molecule has 0 atom stereocenters. The molecule has 0 bridgehead atoms. The van der Waals surface area contributed by atoms with Gasteiger partial charge < -0.3 is 10.4 Å². The first kappa shape index (κ1) is 11.6. The van der Waals surface area contributed by atoms with Gasteiger partial charge in [-0.3, -0.25) is 0 Å². The van der Waals surface area contributed by atoms with E-state index in [1.165, 1.54) is 17.7 Å². The smallest absolute Gasteiger partial charge is 0.338 e. The quantitative estimate of drug-likeness (QED) is 0.765. The molecule has 0 amide bonds. The summed E-state index contributed by atoms with van der Waals surface area (Å²) in [7, 11) is 0. The number of nitrogens with zero attached hydrogens (tertiary/aromatic N) is 2. The minimum Gasteiger partial charge on any atom is -0.478 e. The first-order valence-electron chi connectivity index (χ1n) is 5.53. The van der Waals surface area contributed by atoms with Gasteiger partial charge in [0.05, 0.1) is 10.3 Å². The molecule has 0 saturated heterocycles. The number of fused-ring (bicyclic) bond motifs is 1. The number of para-hydroxylation sites is 1. The van der Waals surface area contributed by atoms with Crippen LogP contribution in [0.25, 0.3) is 10.2 Å². The second kappa shape index (κ2) is 4.66. The zero-order valence-corrected chi connectivity index (χ0v) is 10.5. The molecule has 3 rings (SSSR count). The lowest BCUT2D eigenvalue weighted by molar-refractivity contribution is 0.0699. The van der Waals surface area contributed by atoms with Gasteiger partial charge in [0.25, 0.3) is 0 Å². The normalized spacial score (nSPS) is 10.5. The number of carboxylic acids is 1. The average molecular weight is 271 g/mol. The van der Waals surface area contributed by atoms with E-state index in [0.717, 1.165) is 10.4 Å². The number of hydrogen-bond acceptors (Lipinski definition) is 5. The molecule has 0 spiro atoms. The fourth-order valence-electron chi connectivity index (χ4n) is 1.75. The molecule has 6 heteroatoms. The van der Waals surface area contributed by atoms with E-state index in [0.29, 0.717) is 11.3 Å². The Balaban J connectivity index is 2.07. The number of rotatable bonds is 3. The van der Waals surface area contributed by atoms with Gasteiger partial charge in [0.1, 0.15) is 11.8 Å². The van der Waals surface area contributed by atoms with Crippen molar-refractivity contribution < 1.29 is 9.90 Å². The summed E-state index contributed by atoms with van der Waals surface area (Å²) >= 11 is 1.32. The summed E-state index contributed by atoms with van der Waals surface area (Å²) in [5.41, 5.74) is 1.57. The Morgan fingerprint density at radius 2 is 2.00 bits per heavy atom. The zero-order chi connectivity index (χ0) is 13.2. The topological polar surface area (TPSA) is 75.1 Å². The molecule has 5 nitrogen and oxygen atoms in total. The van der Waals surface area contributed by atoms with Crippen molar-refractivity contribution in [1.82, 2.24) is 9.97 Å². The lowest BCUT2D eigenvalue weighted by atomic mass is 10.3. The van der Waals surface area contributed by atoms with E-state index >= 15 is 0 Å². The maximum Gasteiger partial charge on any atom is 0.338 e. The van der Waals surface area contributed by atoms with Crippen molar-refractivity contribution in [2.24, 2.45) is 0 Å². The van der Waals surface area contributed by atoms with Crippen molar-refractivity contribution in [3.63, 3.8) is 0 Å². The van der Waals surface area contributed by atoms with Gasteiger partial charge in [-0.2, -0.15) is 0 Å². The van der Waals surface area contributed by atoms with Gasteiger partial charge in [-0.1, -0.05) is 18.2 Å². The van der Waals surface area contributed by atoms with Gasteiger partial charge in [-0.15, -0.1) is 11.3 Å². The first-order valence-corrected chi connectivity index (χ1v) is 6.41. The van der Waals surface area contributed by atoms with Crippen LogP contribution in [-0.4, -0.2) is 21.0 Å². The zero-order valence-electron chi connectivity index (χ0n) is 9.70. The Hall–Kier alpha value is -2.47. The highest BCUT2D eigenvalue weighted by Gasteiger charge is 2.15. The van der Waals surface area contributed by atoms with Gasteiger partial charge in [0.2, 0.25) is 0 Å². The maximum absolute atomic E-state index is 11.1. The third kappa shape index (κ3) is 2.13. The predicted molar refractivity (Wildman–Crippen MR) is 74.1 cm³/mol. The van der Waals surface area contributed by atoms with E-state index in [-0.39, 0.29) is 5.56 Å². The Kier molecular flexibility index (Phi) is 2.85. The van der Waals surface area contributed by atoms with E-state index in [1.54, 1.807) is 5.38 Å². The van der Waals surface area contributed by atoms with Crippen LogP contribution in [0, 0.1) is 0 Å². The number of nitrogens with one attached hydrogen (secondary N) is 1. The highest BCUT2D eigenvalue weighted by atomic mass is 32.1. The Morgan fingerprint density at radius 1 is 1.21 bits per heavy atom. The molecule has 0 aliphatic heterocycles. The molecular formula is C13H9N3O2S. The van der Waals surface area contributed by atoms with Crippen molar-refractivity contribution in [1.29, 1.82) is 0 Å². The summed E-state index contributed by atoms with van der Waals surface area (Å²) in [5.74, 6) is -0.357. The van der Waals surface area contributed by atoms with E-state index in [9.17, 15) is 4.79 Å². The first-order chi connectivity index (χ1) is 9.25. The van der Waals surface area contributed by atoms with Gasteiger partial charge in [0.15, 0.2) is 5.82 Å². The molecule has 0 fully saturated rings. The minimum absolute atomic E-state index is 0.207. The average Bonchev–Trinajstić information content (AvgIpc) is 2.85. The number of anilines is 2. The maximum atomic E-state index is 11.1. The van der Waals surface area contributed by atoms with E-state index in [1.807, 2.05) is 30.3 Å². The molecule has 2 heterocycles. The monoisotopic (exact) mass is 271 g/mol. The van der Waals surface area contributed by atoms with Crippen LogP contribution in [0.5, 0.6) is 0 Å². The van der Waals surface area contributed by atoms with Gasteiger partial charge >= 0.3 is 5.97 Å². The second-order valence-electron chi connectivity index (χ2n) is 3.85. The molecule has 19 heavy (non-hydrogen) atoms. The molecule has 2 aromatic heterocycles. The fraction of sp³-hybridized carbons (Fsp3) is 0. The van der Waals surface area contributed by atoms with Gasteiger partial charge in [0, 0.05) is 11.1 Å². The second-order valence-corrected chi connectivity index (χ2v) is 4.73. The van der Waals surface area contributed by atoms with Crippen LogP contribution in [-0.2, 0) is 0 Å². The summed E-state index contributed by atoms with van der Waals surface area (Å²) in [6, 6.07) is 9.59. The molecule has 0 saturated carbocycles. The SMILES string of the molecule is O=C(O)c1csc2c(Nc3ccccc3)ncnc12. The molecule has 0 aliphatic rings. The van der Waals surface area contributed by atoms with Crippen molar-refractivity contribution in [2.75, 3.05) is 5.32 Å². The minimum atomic E-state index is -0.976. The lowest BCUT2D eigenvalue weighted by Crippen LogP contribution is -1.97. The lowest BCUT2D eigenvalue weighted by Gasteiger charge is -2.05. The van der Waals surface area contributed by atoms with Crippen molar-refractivity contribution in [3.05, 3.63) is 47.6 Å². The van der Waals surface area contributed by atoms with E-state index in [4.69, 9.17) is 5.11 Å². The molecular weight excluding hydrogens is 262 g/mol. The third-order valence-corrected chi connectivity index (χ3v) is 3.60. The van der Waals surface area contributed by atoms with E-state index < -0.39 is 5.97 Å². The molecule has 3 aromatic rings. The predicted octanol–water partition coefficient (Wildman–Crippen LogP) is 3.13. The molecule has 94 valence electrons. The van der Waals surface area contributed by atoms with Crippen LogP contribution < -0.4 is 5.32 Å². The fourth-order valence-corrected chi connectivity index (χ4v) is 2.69. The molecule has 2 N–H and O–H groups in total. The van der Waals surface area contributed by atoms with Gasteiger partial charge in [-0.25, -0.2) is 14.8 Å². The summed E-state index contributed by atoms with van der Waals surface area (Å²) in [6.45, 7) is 0. The summed E-state index contributed by atoms with van der Waals surface area (Å²) in [4.78, 5) is 19.3. The van der Waals surface area contributed by atoms with Crippen molar-refractivity contribution in [3.8, 4) is 0 Å². The number of hydrogen-bond donors (Lipinski definition) is 2. The van der Waals surface area contributed by atoms with Crippen LogP contribution in [0.15, 0.2) is 42.0 Å². The molecule has 0 radical (unpaired) electrons. The summed E-state index contributed by atoms with van der Waals surface area (Å²) in [6.07, 6.45) is 1.37. The van der Waals surface area contributed by atoms with Gasteiger partial charge in [-0.05, 0) is 12.1 Å². The standard InChI is InChI=1S/C13H9N3O2S/c17-13(18)9-6-19-11-10(9)14-7-15-12(11)16-8-4-2-1-3-5-8/h1-7H,(H,17,18)(H,14,15,16). The molecule has 1 aromatic carbocycles. The largest absolute Gasteiger partial charge is 0.478 e. The van der Waals surface area contributed by atoms with Crippen LogP contribution in [0.3, 0.4) is 0 Å². The summed E-state index contributed by atoms with van der Waals surface area (Å²) in [5, 5.41) is 13.8. The number of thiophene rings is 1. The number of carbonyl (C=O) groups is 1. The Morgan fingerprint density at radius 3 is 2.74 bits per heavy atom. The highest BCUT2D eigenvalue weighted by molar-refractivity contribution is 7.18. The number of benzene rings is 1. The van der Waals surface area contributed by atoms with E-state index in [2.05, 4.69) is 15.3 Å². The Bertz CT molecular complexity index is 740. The third-order valence-electron chi connectivity index (χ3n) is 2.62. The van der Waals surface area contributed by atoms with Crippen LogP contribution in [0.4, 0.5) is 11.5 Å². The van der Waals surface area contributed by atoms with Crippen molar-refractivity contribution in [2.45, 2.75) is 0 Å². The highest BCUT2D eigenvalue weighted by Crippen LogP contribution is 2.30. The van der Waals surface area contributed by atoms with Crippen molar-refractivity contribution >= 4 is 39.0 Å².